The highest BCUT2D eigenvalue weighted by Crippen LogP contribution is 2.14. The lowest BCUT2D eigenvalue weighted by Crippen LogP contribution is -2.41. The Kier molecular flexibility index (Phi) is 6.09. The van der Waals surface area contributed by atoms with Gasteiger partial charge in [0.05, 0.1) is 12.6 Å². The molecule has 0 saturated carbocycles. The number of hydrogen-bond donors (Lipinski definition) is 2. The molecule has 118 valence electrons. The highest BCUT2D eigenvalue weighted by Gasteiger charge is 2.21. The molecule has 0 unspecified atom stereocenters. The lowest BCUT2D eigenvalue weighted by atomic mass is 10.1. The normalized spacial score (nSPS) is 17.0. The number of aryl methyl sites for hydroxylation is 1. The van der Waals surface area contributed by atoms with Crippen LogP contribution in [0.15, 0.2) is 4.42 Å². The molecule has 1 aromatic rings. The molecule has 1 fully saturated rings. The molecule has 1 aliphatic heterocycles. The van der Waals surface area contributed by atoms with Gasteiger partial charge in [-0.1, -0.05) is 5.10 Å². The summed E-state index contributed by atoms with van der Waals surface area (Å²) in [4.78, 5) is 14.0. The second-order valence-corrected chi connectivity index (χ2v) is 5.16. The predicted octanol–water partition coefficient (Wildman–Crippen LogP) is 0.146. The minimum Gasteiger partial charge on any atom is -0.408 e. The van der Waals surface area contributed by atoms with E-state index in [2.05, 4.69) is 20.4 Å². The van der Waals surface area contributed by atoms with Gasteiger partial charge in [0.2, 0.25) is 11.8 Å². The summed E-state index contributed by atoms with van der Waals surface area (Å²) in [6.45, 7) is 5.09. The van der Waals surface area contributed by atoms with Gasteiger partial charge in [0.25, 0.3) is 0 Å². The van der Waals surface area contributed by atoms with Crippen LogP contribution in [-0.4, -0.2) is 59.9 Å². The van der Waals surface area contributed by atoms with Crippen LogP contribution in [0, 0.1) is 6.92 Å². The van der Waals surface area contributed by atoms with E-state index in [1.165, 1.54) is 0 Å². The fourth-order valence-electron chi connectivity index (χ4n) is 2.28. The number of carbonyl (C=O) groups is 1. The molecule has 0 atom stereocenters. The Morgan fingerprint density at radius 3 is 2.86 bits per heavy atom. The molecular formula is C13H23N5O3. The summed E-state index contributed by atoms with van der Waals surface area (Å²) in [5.74, 6) is 0.293. The van der Waals surface area contributed by atoms with Gasteiger partial charge in [0.15, 0.2) is 0 Å². The Balaban J connectivity index is 1.65. The van der Waals surface area contributed by atoms with Gasteiger partial charge in [0, 0.05) is 26.6 Å². The van der Waals surface area contributed by atoms with Gasteiger partial charge in [-0.05, 0) is 25.8 Å². The van der Waals surface area contributed by atoms with Crippen LogP contribution < -0.4 is 11.1 Å². The molecule has 3 N–H and O–H groups in total. The summed E-state index contributed by atoms with van der Waals surface area (Å²) in [5.41, 5.74) is 5.44. The fourth-order valence-corrected chi connectivity index (χ4v) is 2.28. The van der Waals surface area contributed by atoms with Crippen molar-refractivity contribution in [1.82, 2.24) is 15.1 Å². The maximum Gasteiger partial charge on any atom is 0.322 e. The number of aromatic nitrogens is 2. The summed E-state index contributed by atoms with van der Waals surface area (Å²) < 4.78 is 10.8. The van der Waals surface area contributed by atoms with Crippen LogP contribution in [0.25, 0.3) is 0 Å². The van der Waals surface area contributed by atoms with E-state index in [1.807, 2.05) is 0 Å². The number of nitrogens with one attached hydrogen (secondary N) is 1. The molecule has 1 amide bonds. The third-order valence-electron chi connectivity index (χ3n) is 3.38. The smallest absolute Gasteiger partial charge is 0.322 e. The van der Waals surface area contributed by atoms with Crippen molar-refractivity contribution in [2.45, 2.75) is 32.3 Å². The number of hydrogen-bond acceptors (Lipinski definition) is 7. The van der Waals surface area contributed by atoms with Crippen LogP contribution in [0.3, 0.4) is 0 Å². The predicted molar refractivity (Wildman–Crippen MR) is 76.8 cm³/mol. The number of carbonyl (C=O) groups excluding carboxylic acids is 1. The highest BCUT2D eigenvalue weighted by molar-refractivity contribution is 5.90. The zero-order valence-corrected chi connectivity index (χ0v) is 12.4. The Morgan fingerprint density at radius 1 is 1.48 bits per heavy atom. The molecule has 1 aliphatic rings. The lowest BCUT2D eigenvalue weighted by molar-refractivity contribution is -0.118. The van der Waals surface area contributed by atoms with Gasteiger partial charge in [-0.2, -0.15) is 0 Å². The van der Waals surface area contributed by atoms with E-state index in [-0.39, 0.29) is 18.0 Å². The van der Waals surface area contributed by atoms with Gasteiger partial charge >= 0.3 is 6.01 Å². The first kappa shape index (κ1) is 15.9. The van der Waals surface area contributed by atoms with Crippen molar-refractivity contribution in [1.29, 1.82) is 0 Å². The number of nitrogens with zero attached hydrogens (tertiary/aromatic N) is 3. The first-order valence-electron chi connectivity index (χ1n) is 7.31. The summed E-state index contributed by atoms with van der Waals surface area (Å²) >= 11 is 0. The van der Waals surface area contributed by atoms with E-state index in [0.717, 1.165) is 39.0 Å². The van der Waals surface area contributed by atoms with E-state index in [0.29, 0.717) is 19.0 Å². The molecule has 0 aromatic carbocycles. The fraction of sp³-hybridized carbons (Fsp3) is 0.769. The minimum atomic E-state index is -0.138. The second-order valence-electron chi connectivity index (χ2n) is 5.16. The number of anilines is 1. The number of nitrogens with two attached hydrogens (primary N) is 1. The standard InChI is InChI=1S/C13H23N5O3/c1-10-16-17-13(21-10)15-12(19)9-18-6-3-11(4-7-18)20-8-2-5-14/h11H,2-9,14H2,1H3,(H,15,17,19). The van der Waals surface area contributed by atoms with Crippen LogP contribution in [0.5, 0.6) is 0 Å². The largest absolute Gasteiger partial charge is 0.408 e. The minimum absolute atomic E-state index is 0.138. The molecule has 0 bridgehead atoms. The molecule has 8 heteroatoms. The van der Waals surface area contributed by atoms with Crippen molar-refractivity contribution in [3.05, 3.63) is 5.89 Å². The number of likely N-dealkylation sites (tertiary alicyclic amines) is 1. The zero-order valence-electron chi connectivity index (χ0n) is 12.4. The first-order chi connectivity index (χ1) is 10.2. The van der Waals surface area contributed by atoms with E-state index in [4.69, 9.17) is 14.9 Å². The Bertz CT molecular complexity index is 443. The maximum absolute atomic E-state index is 11.9. The average Bonchev–Trinajstić information content (AvgIpc) is 2.86. The summed E-state index contributed by atoms with van der Waals surface area (Å²) in [6, 6.07) is 0.150. The van der Waals surface area contributed by atoms with Crippen LogP contribution in [0.2, 0.25) is 0 Å². The summed E-state index contributed by atoms with van der Waals surface area (Å²) in [7, 11) is 0. The molecule has 0 aliphatic carbocycles. The van der Waals surface area contributed by atoms with E-state index < -0.39 is 0 Å². The third-order valence-corrected chi connectivity index (χ3v) is 3.38. The number of piperidine rings is 1. The van der Waals surface area contributed by atoms with Crippen LogP contribution >= 0.6 is 0 Å². The van der Waals surface area contributed by atoms with E-state index in [9.17, 15) is 4.79 Å². The van der Waals surface area contributed by atoms with E-state index in [1.54, 1.807) is 6.92 Å². The molecular weight excluding hydrogens is 274 g/mol. The van der Waals surface area contributed by atoms with Crippen molar-refractivity contribution in [3.8, 4) is 0 Å². The molecule has 1 aromatic heterocycles. The number of ether oxygens (including phenoxy) is 1. The van der Waals surface area contributed by atoms with Gasteiger partial charge in [-0.25, -0.2) is 0 Å². The van der Waals surface area contributed by atoms with Crippen LogP contribution in [0.1, 0.15) is 25.2 Å². The molecule has 1 saturated heterocycles. The van der Waals surface area contributed by atoms with Crippen LogP contribution in [-0.2, 0) is 9.53 Å². The number of rotatable bonds is 7. The summed E-state index contributed by atoms with van der Waals surface area (Å²) in [6.07, 6.45) is 3.07. The average molecular weight is 297 g/mol. The maximum atomic E-state index is 11.9. The Morgan fingerprint density at radius 2 is 2.24 bits per heavy atom. The quantitative estimate of drug-likeness (QED) is 0.690. The van der Waals surface area contributed by atoms with Crippen molar-refractivity contribution < 1.29 is 13.9 Å². The van der Waals surface area contributed by atoms with Gasteiger partial charge in [-0.3, -0.25) is 15.0 Å². The van der Waals surface area contributed by atoms with Gasteiger partial charge in [-0.15, -0.1) is 5.10 Å². The lowest BCUT2D eigenvalue weighted by Gasteiger charge is -2.31. The Labute approximate surface area is 124 Å². The molecule has 2 rings (SSSR count). The topological polar surface area (TPSA) is 107 Å². The highest BCUT2D eigenvalue weighted by atomic mass is 16.5. The third kappa shape index (κ3) is 5.41. The molecule has 21 heavy (non-hydrogen) atoms. The molecule has 2 heterocycles. The van der Waals surface area contributed by atoms with Crippen molar-refractivity contribution in [2.24, 2.45) is 5.73 Å². The van der Waals surface area contributed by atoms with Gasteiger partial charge < -0.3 is 14.9 Å². The number of amides is 1. The van der Waals surface area contributed by atoms with Crippen molar-refractivity contribution in [2.75, 3.05) is 38.1 Å². The summed E-state index contributed by atoms with van der Waals surface area (Å²) in [5, 5.41) is 9.99. The first-order valence-corrected chi connectivity index (χ1v) is 7.31. The van der Waals surface area contributed by atoms with E-state index >= 15 is 0 Å². The molecule has 0 spiro atoms. The van der Waals surface area contributed by atoms with Crippen molar-refractivity contribution >= 4 is 11.9 Å². The van der Waals surface area contributed by atoms with Gasteiger partial charge in [0.1, 0.15) is 0 Å². The zero-order chi connectivity index (χ0) is 15.1. The SMILES string of the molecule is Cc1nnc(NC(=O)CN2CCC(OCCCN)CC2)o1. The molecule has 0 radical (unpaired) electrons. The second kappa shape index (κ2) is 8.06. The van der Waals surface area contributed by atoms with Crippen molar-refractivity contribution in [3.63, 3.8) is 0 Å². The monoisotopic (exact) mass is 297 g/mol. The Hall–Kier alpha value is -1.51. The molecule has 8 nitrogen and oxygen atoms in total. The van der Waals surface area contributed by atoms with Crippen LogP contribution in [0.4, 0.5) is 6.01 Å².